The third-order valence-corrected chi connectivity index (χ3v) is 6.64. The van der Waals surface area contributed by atoms with Crippen molar-refractivity contribution in [3.05, 3.63) is 82.5 Å². The molecule has 0 atom stereocenters. The summed E-state index contributed by atoms with van der Waals surface area (Å²) in [7, 11) is 0. The largest absolute Gasteiger partial charge is 0.253 e. The molecule has 0 N–H and O–H groups in total. The number of nitrogens with zero attached hydrogens (tertiary/aromatic N) is 1. The van der Waals surface area contributed by atoms with Crippen molar-refractivity contribution in [2.45, 2.75) is 73.1 Å². The smallest absolute Gasteiger partial charge is 0.0677 e. The molecule has 1 saturated carbocycles. The van der Waals surface area contributed by atoms with E-state index in [0.29, 0.717) is 0 Å². The molecule has 0 aromatic heterocycles. The van der Waals surface area contributed by atoms with Gasteiger partial charge in [-0.15, -0.1) is 0 Å². The fourth-order valence-corrected chi connectivity index (χ4v) is 4.50. The summed E-state index contributed by atoms with van der Waals surface area (Å²) in [6.45, 7) is 19.1. The fraction of sp³-hybridized carbons (Fsp3) is 0.414. The number of aliphatic imine (C=N–C) groups is 1. The van der Waals surface area contributed by atoms with E-state index in [-0.39, 0.29) is 0 Å². The minimum absolute atomic E-state index is 0.755. The molecular weight excluding hydrogens is 362 g/mol. The maximum Gasteiger partial charge on any atom is 0.0677 e. The molecule has 0 unspecified atom stereocenters. The Balaban J connectivity index is 1.84. The summed E-state index contributed by atoms with van der Waals surface area (Å²) in [5.74, 6) is 0.755. The summed E-state index contributed by atoms with van der Waals surface area (Å²) >= 11 is 0. The molecule has 0 radical (unpaired) electrons. The van der Waals surface area contributed by atoms with Gasteiger partial charge in [0.1, 0.15) is 0 Å². The minimum Gasteiger partial charge on any atom is -0.253 e. The second kappa shape index (κ2) is 9.60. The lowest BCUT2D eigenvalue weighted by atomic mass is 9.84. The minimum atomic E-state index is 0.755. The van der Waals surface area contributed by atoms with Gasteiger partial charge < -0.3 is 0 Å². The maximum absolute atomic E-state index is 4.97. The molecule has 1 heterocycles. The van der Waals surface area contributed by atoms with Gasteiger partial charge in [0, 0.05) is 12.1 Å². The van der Waals surface area contributed by atoms with Gasteiger partial charge in [-0.3, -0.25) is 4.99 Å². The highest BCUT2D eigenvalue weighted by Gasteiger charge is 2.19. The van der Waals surface area contributed by atoms with Crippen LogP contribution in [0.15, 0.2) is 70.8 Å². The van der Waals surface area contributed by atoms with Crippen LogP contribution in [0.2, 0.25) is 0 Å². The molecule has 1 aliphatic heterocycles. The molecule has 1 aromatic carbocycles. The fourth-order valence-electron chi connectivity index (χ4n) is 4.50. The first-order valence-corrected chi connectivity index (χ1v) is 11.4. The van der Waals surface area contributed by atoms with Gasteiger partial charge in [0.05, 0.1) is 5.69 Å². The molecular formula is C29H37N. The summed E-state index contributed by atoms with van der Waals surface area (Å²) in [6, 6.07) is 4.41. The molecule has 0 amide bonds. The summed E-state index contributed by atoms with van der Waals surface area (Å²) in [4.78, 5) is 4.97. The predicted molar refractivity (Wildman–Crippen MR) is 134 cm³/mol. The standard InChI is InChI=1S/C29H37N/c1-19(2)25(14-13-21(5)24-11-9-8-10-12-24)16-23(7)28-18-27-22(6)15-26(20(3)4)17-29(27)30-28/h13-17,24H,1,3,8-12,18H2,2,4-7H3/b21-13+,23-16+,25-14-. The molecule has 30 heavy (non-hydrogen) atoms. The van der Waals surface area contributed by atoms with Gasteiger partial charge >= 0.3 is 0 Å². The molecule has 1 aliphatic carbocycles. The quantitative estimate of drug-likeness (QED) is 0.424. The number of allylic oxidation sites excluding steroid dienone is 8. The highest BCUT2D eigenvalue weighted by atomic mass is 14.8. The molecule has 0 bridgehead atoms. The summed E-state index contributed by atoms with van der Waals surface area (Å²) in [5.41, 5.74) is 12.2. The van der Waals surface area contributed by atoms with Gasteiger partial charge in [-0.2, -0.15) is 0 Å². The number of hydrogen-bond acceptors (Lipinski definition) is 1. The first-order valence-electron chi connectivity index (χ1n) is 11.4. The first kappa shape index (κ1) is 22.3. The van der Waals surface area contributed by atoms with Crippen molar-refractivity contribution >= 4 is 17.0 Å². The first-order chi connectivity index (χ1) is 14.3. The van der Waals surface area contributed by atoms with Gasteiger partial charge in [-0.1, -0.05) is 67.4 Å². The van der Waals surface area contributed by atoms with Crippen LogP contribution in [0.5, 0.6) is 0 Å². The number of rotatable bonds is 6. The second-order valence-corrected chi connectivity index (χ2v) is 9.28. The van der Waals surface area contributed by atoms with Crippen LogP contribution in [0.4, 0.5) is 5.69 Å². The molecule has 0 spiro atoms. The Hall–Kier alpha value is -2.41. The lowest BCUT2D eigenvalue weighted by Gasteiger charge is -2.22. The van der Waals surface area contributed by atoms with Crippen LogP contribution < -0.4 is 0 Å². The van der Waals surface area contributed by atoms with Crippen molar-refractivity contribution in [2.75, 3.05) is 0 Å². The van der Waals surface area contributed by atoms with E-state index < -0.39 is 0 Å². The van der Waals surface area contributed by atoms with E-state index in [1.54, 1.807) is 0 Å². The van der Waals surface area contributed by atoms with Gasteiger partial charge in [0.25, 0.3) is 0 Å². The van der Waals surface area contributed by atoms with Gasteiger partial charge in [0.2, 0.25) is 0 Å². The molecule has 1 heteroatoms. The zero-order chi connectivity index (χ0) is 21.8. The second-order valence-electron chi connectivity index (χ2n) is 9.28. The number of benzene rings is 1. The van der Waals surface area contributed by atoms with Crippen LogP contribution in [-0.4, -0.2) is 5.71 Å². The Morgan fingerprint density at radius 1 is 1.00 bits per heavy atom. The van der Waals surface area contributed by atoms with Crippen LogP contribution in [0.3, 0.4) is 0 Å². The van der Waals surface area contributed by atoms with Gasteiger partial charge in [-0.25, -0.2) is 0 Å². The Morgan fingerprint density at radius 2 is 1.70 bits per heavy atom. The topological polar surface area (TPSA) is 12.4 Å². The predicted octanol–water partition coefficient (Wildman–Crippen LogP) is 8.63. The van der Waals surface area contributed by atoms with Crippen molar-refractivity contribution in [3.8, 4) is 0 Å². The Labute approximate surface area is 183 Å². The highest BCUT2D eigenvalue weighted by Crippen LogP contribution is 2.35. The molecule has 3 rings (SSSR count). The molecule has 158 valence electrons. The van der Waals surface area contributed by atoms with E-state index in [9.17, 15) is 0 Å². The lowest BCUT2D eigenvalue weighted by molar-refractivity contribution is 0.403. The highest BCUT2D eigenvalue weighted by molar-refractivity contribution is 6.06. The average Bonchev–Trinajstić information content (AvgIpc) is 3.16. The van der Waals surface area contributed by atoms with Gasteiger partial charge in [0.15, 0.2) is 0 Å². The lowest BCUT2D eigenvalue weighted by Crippen LogP contribution is -2.07. The van der Waals surface area contributed by atoms with Crippen molar-refractivity contribution in [1.82, 2.24) is 0 Å². The van der Waals surface area contributed by atoms with Crippen LogP contribution in [-0.2, 0) is 6.42 Å². The SMILES string of the molecule is C=C(C)C(=C\C=C(/C)C1CCCCC1)/C=C(\C)C1=Nc2cc(C(=C)C)cc(C)c2C1. The summed E-state index contributed by atoms with van der Waals surface area (Å²) in [6.07, 6.45) is 14.6. The van der Waals surface area contributed by atoms with E-state index in [1.165, 1.54) is 65.5 Å². The van der Waals surface area contributed by atoms with Crippen LogP contribution in [0.1, 0.15) is 76.5 Å². The third-order valence-electron chi connectivity index (χ3n) is 6.64. The van der Waals surface area contributed by atoms with Crippen molar-refractivity contribution in [3.63, 3.8) is 0 Å². The zero-order valence-electron chi connectivity index (χ0n) is 19.6. The van der Waals surface area contributed by atoms with E-state index in [4.69, 9.17) is 4.99 Å². The van der Waals surface area contributed by atoms with Crippen LogP contribution >= 0.6 is 0 Å². The van der Waals surface area contributed by atoms with Crippen molar-refractivity contribution < 1.29 is 0 Å². The maximum atomic E-state index is 4.97. The van der Waals surface area contributed by atoms with E-state index in [0.717, 1.165) is 34.9 Å². The van der Waals surface area contributed by atoms with Crippen molar-refractivity contribution in [2.24, 2.45) is 10.9 Å². The number of hydrogen-bond donors (Lipinski definition) is 0. The molecule has 2 aliphatic rings. The summed E-state index contributed by atoms with van der Waals surface area (Å²) in [5, 5.41) is 0. The Morgan fingerprint density at radius 3 is 2.33 bits per heavy atom. The Kier molecular flexibility index (Phi) is 7.13. The average molecular weight is 400 g/mol. The molecule has 1 nitrogen and oxygen atoms in total. The van der Waals surface area contributed by atoms with Crippen molar-refractivity contribution in [1.29, 1.82) is 0 Å². The van der Waals surface area contributed by atoms with E-state index >= 15 is 0 Å². The van der Waals surface area contributed by atoms with Crippen LogP contribution in [0.25, 0.3) is 5.57 Å². The molecule has 1 fully saturated rings. The van der Waals surface area contributed by atoms with Gasteiger partial charge in [-0.05, 0) is 93.4 Å². The van der Waals surface area contributed by atoms with E-state index in [2.05, 4.69) is 78.1 Å². The zero-order valence-corrected chi connectivity index (χ0v) is 19.6. The molecule has 1 aromatic rings. The van der Waals surface area contributed by atoms with Crippen LogP contribution in [0, 0.1) is 12.8 Å². The number of aryl methyl sites for hydroxylation is 1. The van der Waals surface area contributed by atoms with E-state index in [1.807, 2.05) is 0 Å². The monoisotopic (exact) mass is 399 g/mol. The molecule has 0 saturated heterocycles. The third kappa shape index (κ3) is 5.19. The Bertz CT molecular complexity index is 972. The normalized spacial score (nSPS) is 18.3. The summed E-state index contributed by atoms with van der Waals surface area (Å²) < 4.78 is 0. The number of fused-ring (bicyclic) bond motifs is 1.